The van der Waals surface area contributed by atoms with Gasteiger partial charge in [-0.15, -0.1) is 0 Å². The molecule has 0 fully saturated rings. The van der Waals surface area contributed by atoms with Gasteiger partial charge in [0.2, 0.25) is 0 Å². The SMILES string of the molecule is Nc1ccc2c(c1)OC1=CC(N)c3ccccc3C1=C2. The number of fused-ring (bicyclic) bond motifs is 4. The van der Waals surface area contributed by atoms with Crippen LogP contribution in [-0.4, -0.2) is 0 Å². The minimum absolute atomic E-state index is 0.138. The van der Waals surface area contributed by atoms with Crippen LogP contribution < -0.4 is 16.2 Å². The summed E-state index contributed by atoms with van der Waals surface area (Å²) in [6.45, 7) is 0. The Morgan fingerprint density at radius 1 is 1.05 bits per heavy atom. The number of nitrogens with two attached hydrogens (primary N) is 2. The lowest BCUT2D eigenvalue weighted by Crippen LogP contribution is -2.19. The van der Waals surface area contributed by atoms with E-state index in [1.165, 1.54) is 0 Å². The third-order valence-corrected chi connectivity index (χ3v) is 3.76. The van der Waals surface area contributed by atoms with Gasteiger partial charge < -0.3 is 16.2 Å². The molecule has 1 heterocycles. The molecule has 0 spiro atoms. The summed E-state index contributed by atoms with van der Waals surface area (Å²) in [5, 5.41) is 0. The molecule has 2 aromatic rings. The van der Waals surface area contributed by atoms with Crippen molar-refractivity contribution < 1.29 is 4.74 Å². The van der Waals surface area contributed by atoms with E-state index < -0.39 is 0 Å². The molecular weight excluding hydrogens is 248 g/mol. The van der Waals surface area contributed by atoms with Crippen molar-refractivity contribution in [2.45, 2.75) is 6.04 Å². The van der Waals surface area contributed by atoms with E-state index in [1.54, 1.807) is 0 Å². The van der Waals surface area contributed by atoms with E-state index in [4.69, 9.17) is 16.2 Å². The van der Waals surface area contributed by atoms with E-state index in [1.807, 2.05) is 36.4 Å². The van der Waals surface area contributed by atoms with Crippen molar-refractivity contribution in [3.63, 3.8) is 0 Å². The monoisotopic (exact) mass is 262 g/mol. The lowest BCUT2D eigenvalue weighted by atomic mass is 9.86. The molecule has 0 bridgehead atoms. The molecule has 1 atom stereocenters. The highest BCUT2D eigenvalue weighted by Crippen LogP contribution is 2.42. The van der Waals surface area contributed by atoms with E-state index >= 15 is 0 Å². The standard InChI is InChI=1S/C17H14N2O/c18-11-6-5-10-7-14-12-3-1-2-4-13(12)15(19)9-17(14)20-16(10)8-11/h1-9,15H,18-19H2. The summed E-state index contributed by atoms with van der Waals surface area (Å²) >= 11 is 0. The number of allylic oxidation sites excluding steroid dienone is 1. The van der Waals surface area contributed by atoms with Crippen molar-refractivity contribution in [2.75, 3.05) is 5.73 Å². The summed E-state index contributed by atoms with van der Waals surface area (Å²) in [5.41, 5.74) is 17.1. The molecule has 2 aliphatic rings. The number of hydrogen-bond donors (Lipinski definition) is 2. The van der Waals surface area contributed by atoms with Crippen molar-refractivity contribution in [3.8, 4) is 5.75 Å². The normalized spacial score (nSPS) is 18.9. The quantitative estimate of drug-likeness (QED) is 0.717. The first-order valence-corrected chi connectivity index (χ1v) is 6.58. The van der Waals surface area contributed by atoms with Crippen LogP contribution in [0.2, 0.25) is 0 Å². The average Bonchev–Trinajstić information content (AvgIpc) is 2.46. The summed E-state index contributed by atoms with van der Waals surface area (Å²) in [6, 6.07) is 13.7. The molecule has 1 aliphatic heterocycles. The third kappa shape index (κ3) is 1.57. The van der Waals surface area contributed by atoms with Crippen molar-refractivity contribution >= 4 is 17.3 Å². The highest BCUT2D eigenvalue weighted by Gasteiger charge is 2.26. The second-order valence-electron chi connectivity index (χ2n) is 5.10. The summed E-state index contributed by atoms with van der Waals surface area (Å²) in [7, 11) is 0. The molecule has 3 heteroatoms. The van der Waals surface area contributed by atoms with Crippen molar-refractivity contribution in [1.82, 2.24) is 0 Å². The van der Waals surface area contributed by atoms with Gasteiger partial charge in [0.1, 0.15) is 11.5 Å². The van der Waals surface area contributed by atoms with Gasteiger partial charge in [0.05, 0.1) is 6.04 Å². The zero-order valence-electron chi connectivity index (χ0n) is 10.8. The first-order chi connectivity index (χ1) is 9.72. The van der Waals surface area contributed by atoms with Crippen LogP contribution in [0.5, 0.6) is 5.75 Å². The Balaban J connectivity index is 1.95. The van der Waals surface area contributed by atoms with Crippen LogP contribution >= 0.6 is 0 Å². The molecule has 98 valence electrons. The minimum atomic E-state index is -0.138. The smallest absolute Gasteiger partial charge is 0.136 e. The number of ether oxygens (including phenoxy) is 1. The van der Waals surface area contributed by atoms with Crippen molar-refractivity contribution in [3.05, 3.63) is 71.0 Å². The fourth-order valence-electron chi connectivity index (χ4n) is 2.78. The number of hydrogen-bond acceptors (Lipinski definition) is 3. The molecule has 2 aromatic carbocycles. The van der Waals surface area contributed by atoms with E-state index in [0.717, 1.165) is 33.8 Å². The zero-order valence-corrected chi connectivity index (χ0v) is 10.8. The number of rotatable bonds is 0. The van der Waals surface area contributed by atoms with Crippen LogP contribution in [0.3, 0.4) is 0 Å². The number of anilines is 1. The van der Waals surface area contributed by atoms with E-state index in [9.17, 15) is 0 Å². The third-order valence-electron chi connectivity index (χ3n) is 3.76. The Hall–Kier alpha value is -2.52. The van der Waals surface area contributed by atoms with E-state index in [0.29, 0.717) is 5.69 Å². The molecule has 4 rings (SSSR count). The Bertz CT molecular complexity index is 774. The lowest BCUT2D eigenvalue weighted by Gasteiger charge is -2.28. The second-order valence-corrected chi connectivity index (χ2v) is 5.10. The Morgan fingerprint density at radius 2 is 1.90 bits per heavy atom. The van der Waals surface area contributed by atoms with Gasteiger partial charge >= 0.3 is 0 Å². The molecule has 0 saturated carbocycles. The topological polar surface area (TPSA) is 61.3 Å². The van der Waals surface area contributed by atoms with Crippen LogP contribution in [0, 0.1) is 0 Å². The summed E-state index contributed by atoms with van der Waals surface area (Å²) in [4.78, 5) is 0. The van der Waals surface area contributed by atoms with Gasteiger partial charge in [-0.1, -0.05) is 24.3 Å². The average molecular weight is 262 g/mol. The van der Waals surface area contributed by atoms with E-state index in [2.05, 4.69) is 18.2 Å². The first-order valence-electron chi connectivity index (χ1n) is 6.58. The van der Waals surface area contributed by atoms with Gasteiger partial charge in [-0.25, -0.2) is 0 Å². The fourth-order valence-corrected chi connectivity index (χ4v) is 2.78. The van der Waals surface area contributed by atoms with Gasteiger partial charge in [-0.2, -0.15) is 0 Å². The zero-order chi connectivity index (χ0) is 13.7. The van der Waals surface area contributed by atoms with Gasteiger partial charge in [-0.3, -0.25) is 0 Å². The molecule has 0 saturated heterocycles. The molecule has 0 aromatic heterocycles. The maximum Gasteiger partial charge on any atom is 0.136 e. The van der Waals surface area contributed by atoms with Gasteiger partial charge in [0, 0.05) is 22.9 Å². The van der Waals surface area contributed by atoms with Crippen LogP contribution in [0.4, 0.5) is 5.69 Å². The summed E-state index contributed by atoms with van der Waals surface area (Å²) in [6.07, 6.45) is 4.09. The first kappa shape index (κ1) is 11.3. The van der Waals surface area contributed by atoms with Gasteiger partial charge in [-0.05, 0) is 35.4 Å². The molecule has 20 heavy (non-hydrogen) atoms. The van der Waals surface area contributed by atoms with Crippen LogP contribution in [0.25, 0.3) is 11.6 Å². The van der Waals surface area contributed by atoms with Gasteiger partial charge in [0.15, 0.2) is 0 Å². The molecule has 1 aliphatic carbocycles. The maximum absolute atomic E-state index is 6.19. The summed E-state index contributed by atoms with van der Waals surface area (Å²) in [5.74, 6) is 1.60. The number of benzene rings is 2. The van der Waals surface area contributed by atoms with Crippen LogP contribution in [-0.2, 0) is 0 Å². The minimum Gasteiger partial charge on any atom is -0.456 e. The Morgan fingerprint density at radius 3 is 2.80 bits per heavy atom. The fraction of sp³-hybridized carbons (Fsp3) is 0.0588. The molecule has 0 amide bonds. The largest absolute Gasteiger partial charge is 0.456 e. The molecule has 4 N–H and O–H groups in total. The number of nitrogen functional groups attached to an aromatic ring is 1. The molecule has 1 unspecified atom stereocenters. The van der Waals surface area contributed by atoms with Gasteiger partial charge in [0.25, 0.3) is 0 Å². The molecule has 3 nitrogen and oxygen atoms in total. The molecular formula is C17H14N2O. The Kier molecular flexibility index (Phi) is 2.26. The van der Waals surface area contributed by atoms with Crippen molar-refractivity contribution in [1.29, 1.82) is 0 Å². The van der Waals surface area contributed by atoms with E-state index in [-0.39, 0.29) is 6.04 Å². The lowest BCUT2D eigenvalue weighted by molar-refractivity contribution is 0.439. The second kappa shape index (κ2) is 3.99. The van der Waals surface area contributed by atoms with Crippen LogP contribution in [0.15, 0.2) is 54.3 Å². The predicted octanol–water partition coefficient (Wildman–Crippen LogP) is 3.10. The molecule has 0 radical (unpaired) electrons. The predicted molar refractivity (Wildman–Crippen MR) is 80.8 cm³/mol. The highest BCUT2D eigenvalue weighted by molar-refractivity contribution is 5.95. The summed E-state index contributed by atoms with van der Waals surface area (Å²) < 4.78 is 5.98. The van der Waals surface area contributed by atoms with Crippen molar-refractivity contribution in [2.24, 2.45) is 5.73 Å². The Labute approximate surface area is 117 Å². The highest BCUT2D eigenvalue weighted by atomic mass is 16.5. The maximum atomic E-state index is 6.19. The van der Waals surface area contributed by atoms with Crippen LogP contribution in [0.1, 0.15) is 22.7 Å².